The van der Waals surface area contributed by atoms with Crippen molar-refractivity contribution in [2.45, 2.75) is 6.54 Å². The Morgan fingerprint density at radius 3 is 2.75 bits per heavy atom. The highest BCUT2D eigenvalue weighted by molar-refractivity contribution is 5.45. The molecule has 0 aliphatic rings. The van der Waals surface area contributed by atoms with Crippen LogP contribution in [0.2, 0.25) is 0 Å². The molecule has 16 heavy (non-hydrogen) atoms. The van der Waals surface area contributed by atoms with Gasteiger partial charge in [-0.05, 0) is 17.7 Å². The Balaban J connectivity index is 2.00. The molecule has 1 heterocycles. The van der Waals surface area contributed by atoms with Crippen LogP contribution in [0.25, 0.3) is 0 Å². The van der Waals surface area contributed by atoms with Crippen LogP contribution in [0.4, 0.5) is 5.69 Å². The minimum atomic E-state index is 0.544. The number of hydrogen-bond donors (Lipinski definition) is 1. The van der Waals surface area contributed by atoms with Gasteiger partial charge in [0.05, 0.1) is 13.1 Å². The average molecular weight is 212 g/mol. The molecule has 2 aromatic rings. The quantitative estimate of drug-likeness (QED) is 0.778. The van der Waals surface area contributed by atoms with E-state index in [1.54, 1.807) is 11.0 Å². The molecular weight excluding hydrogens is 200 g/mol. The molecule has 0 atom stereocenters. The molecule has 0 aliphatic heterocycles. The summed E-state index contributed by atoms with van der Waals surface area (Å²) in [6, 6.07) is 8.09. The van der Waals surface area contributed by atoms with Crippen LogP contribution in [0.5, 0.6) is 0 Å². The maximum atomic E-state index is 5.17. The number of terminal acetylenes is 1. The Morgan fingerprint density at radius 1 is 1.31 bits per heavy atom. The van der Waals surface area contributed by atoms with Gasteiger partial charge in [-0.15, -0.1) is 6.42 Å². The van der Waals surface area contributed by atoms with Gasteiger partial charge in [-0.1, -0.05) is 18.1 Å². The second-order valence-corrected chi connectivity index (χ2v) is 3.35. The summed E-state index contributed by atoms with van der Waals surface area (Å²) in [5.74, 6) is 2.53. The van der Waals surface area contributed by atoms with E-state index in [-0.39, 0.29) is 0 Å². The molecular formula is C12H12N4. The zero-order valence-corrected chi connectivity index (χ0v) is 8.80. The fourth-order valence-corrected chi connectivity index (χ4v) is 1.38. The van der Waals surface area contributed by atoms with E-state index in [0.29, 0.717) is 6.54 Å². The summed E-state index contributed by atoms with van der Waals surface area (Å²) in [4.78, 5) is 3.89. The van der Waals surface area contributed by atoms with E-state index in [2.05, 4.69) is 21.3 Å². The molecule has 0 spiro atoms. The standard InChI is InChI=1S/C12H12N4/c1-2-7-14-12-5-3-11(4-6-12)8-16-10-13-9-15-16/h1,3-6,9-10,14H,7-8H2. The summed E-state index contributed by atoms with van der Waals surface area (Å²) in [7, 11) is 0. The van der Waals surface area contributed by atoms with Crippen LogP contribution < -0.4 is 5.32 Å². The van der Waals surface area contributed by atoms with Crippen LogP contribution in [0.3, 0.4) is 0 Å². The summed E-state index contributed by atoms with van der Waals surface area (Å²) >= 11 is 0. The highest BCUT2D eigenvalue weighted by atomic mass is 15.3. The Morgan fingerprint density at radius 2 is 2.12 bits per heavy atom. The number of aromatic nitrogens is 3. The third kappa shape index (κ3) is 2.61. The van der Waals surface area contributed by atoms with Crippen molar-refractivity contribution < 1.29 is 0 Å². The first-order valence-electron chi connectivity index (χ1n) is 4.97. The fourth-order valence-electron chi connectivity index (χ4n) is 1.38. The Bertz CT molecular complexity index is 465. The molecule has 0 aliphatic carbocycles. The molecule has 0 saturated heterocycles. The van der Waals surface area contributed by atoms with Crippen molar-refractivity contribution in [1.82, 2.24) is 14.8 Å². The van der Waals surface area contributed by atoms with Gasteiger partial charge in [0.2, 0.25) is 0 Å². The third-order valence-electron chi connectivity index (χ3n) is 2.16. The fraction of sp³-hybridized carbons (Fsp3) is 0.167. The Labute approximate surface area is 94.3 Å². The minimum absolute atomic E-state index is 0.544. The molecule has 80 valence electrons. The van der Waals surface area contributed by atoms with Crippen LogP contribution in [0.1, 0.15) is 5.56 Å². The summed E-state index contributed by atoms with van der Waals surface area (Å²) in [5.41, 5.74) is 2.21. The first-order valence-corrected chi connectivity index (χ1v) is 4.97. The van der Waals surface area contributed by atoms with E-state index in [9.17, 15) is 0 Å². The molecule has 0 saturated carbocycles. The highest BCUT2D eigenvalue weighted by Crippen LogP contribution is 2.09. The van der Waals surface area contributed by atoms with E-state index < -0.39 is 0 Å². The molecule has 4 nitrogen and oxygen atoms in total. The average Bonchev–Trinajstić information content (AvgIpc) is 2.81. The van der Waals surface area contributed by atoms with Gasteiger partial charge in [0, 0.05) is 5.69 Å². The maximum absolute atomic E-state index is 5.17. The second-order valence-electron chi connectivity index (χ2n) is 3.35. The predicted octanol–water partition coefficient (Wildman–Crippen LogP) is 1.37. The molecule has 1 aromatic carbocycles. The van der Waals surface area contributed by atoms with E-state index >= 15 is 0 Å². The zero-order chi connectivity index (χ0) is 11.2. The van der Waals surface area contributed by atoms with Crippen LogP contribution >= 0.6 is 0 Å². The van der Waals surface area contributed by atoms with E-state index in [0.717, 1.165) is 12.2 Å². The molecule has 0 amide bonds. The van der Waals surface area contributed by atoms with E-state index in [4.69, 9.17) is 6.42 Å². The SMILES string of the molecule is C#CCNc1ccc(Cn2cncn2)cc1. The van der Waals surface area contributed by atoms with Gasteiger partial charge in [-0.25, -0.2) is 9.67 Å². The van der Waals surface area contributed by atoms with Crippen LogP contribution in [0, 0.1) is 12.3 Å². The molecule has 1 N–H and O–H groups in total. The van der Waals surface area contributed by atoms with Gasteiger partial charge >= 0.3 is 0 Å². The van der Waals surface area contributed by atoms with Crippen molar-refractivity contribution in [3.63, 3.8) is 0 Å². The van der Waals surface area contributed by atoms with Gasteiger partial charge in [0.15, 0.2) is 0 Å². The maximum Gasteiger partial charge on any atom is 0.137 e. The van der Waals surface area contributed by atoms with Gasteiger partial charge in [0.25, 0.3) is 0 Å². The third-order valence-corrected chi connectivity index (χ3v) is 2.16. The van der Waals surface area contributed by atoms with Crippen LogP contribution in [0.15, 0.2) is 36.9 Å². The Kier molecular flexibility index (Phi) is 3.19. The van der Waals surface area contributed by atoms with E-state index in [1.807, 2.05) is 24.3 Å². The first-order chi connectivity index (χ1) is 7.88. The molecule has 4 heteroatoms. The zero-order valence-electron chi connectivity index (χ0n) is 8.80. The molecule has 1 aromatic heterocycles. The van der Waals surface area contributed by atoms with Crippen LogP contribution in [-0.4, -0.2) is 21.3 Å². The molecule has 2 rings (SSSR count). The van der Waals surface area contributed by atoms with Crippen molar-refractivity contribution in [3.05, 3.63) is 42.5 Å². The summed E-state index contributed by atoms with van der Waals surface area (Å²) < 4.78 is 1.78. The monoisotopic (exact) mass is 212 g/mol. The van der Waals surface area contributed by atoms with Crippen LogP contribution in [-0.2, 0) is 6.54 Å². The van der Waals surface area contributed by atoms with Gasteiger partial charge in [-0.2, -0.15) is 5.10 Å². The van der Waals surface area contributed by atoms with Gasteiger partial charge in [-0.3, -0.25) is 0 Å². The highest BCUT2D eigenvalue weighted by Gasteiger charge is 1.96. The van der Waals surface area contributed by atoms with Crippen molar-refractivity contribution in [2.24, 2.45) is 0 Å². The van der Waals surface area contributed by atoms with Crippen molar-refractivity contribution in [1.29, 1.82) is 0 Å². The van der Waals surface area contributed by atoms with Crippen molar-refractivity contribution >= 4 is 5.69 Å². The number of benzene rings is 1. The summed E-state index contributed by atoms with van der Waals surface area (Å²) in [6.07, 6.45) is 8.40. The number of anilines is 1. The summed E-state index contributed by atoms with van der Waals surface area (Å²) in [5, 5.41) is 7.16. The largest absolute Gasteiger partial charge is 0.374 e. The van der Waals surface area contributed by atoms with Gasteiger partial charge < -0.3 is 5.32 Å². The molecule has 0 bridgehead atoms. The number of rotatable bonds is 4. The molecule has 0 radical (unpaired) electrons. The normalized spacial score (nSPS) is 9.69. The first kappa shape index (κ1) is 10.2. The lowest BCUT2D eigenvalue weighted by Gasteiger charge is -2.04. The van der Waals surface area contributed by atoms with Crippen molar-refractivity contribution in [3.8, 4) is 12.3 Å². The second kappa shape index (κ2) is 4.99. The number of nitrogens with zero attached hydrogens (tertiary/aromatic N) is 3. The van der Waals surface area contributed by atoms with Gasteiger partial charge in [0.1, 0.15) is 12.7 Å². The predicted molar refractivity (Wildman–Crippen MR) is 62.9 cm³/mol. The minimum Gasteiger partial charge on any atom is -0.374 e. The van der Waals surface area contributed by atoms with Crippen molar-refractivity contribution in [2.75, 3.05) is 11.9 Å². The lowest BCUT2D eigenvalue weighted by molar-refractivity contribution is 0.685. The number of nitrogens with one attached hydrogen (secondary N) is 1. The smallest absolute Gasteiger partial charge is 0.137 e. The molecule has 0 fully saturated rings. The molecule has 0 unspecified atom stereocenters. The Hall–Kier alpha value is -2.28. The lowest BCUT2D eigenvalue weighted by atomic mass is 10.2. The lowest BCUT2D eigenvalue weighted by Crippen LogP contribution is -2.01. The topological polar surface area (TPSA) is 42.7 Å². The van der Waals surface area contributed by atoms with E-state index in [1.165, 1.54) is 11.9 Å². The number of hydrogen-bond acceptors (Lipinski definition) is 3. The summed E-state index contributed by atoms with van der Waals surface area (Å²) in [6.45, 7) is 1.28.